The van der Waals surface area contributed by atoms with Crippen molar-refractivity contribution in [2.75, 3.05) is 26.7 Å². The number of alkyl halides is 3. The number of carbonyl (C=O) groups is 1. The number of aromatic nitrogens is 2. The van der Waals surface area contributed by atoms with E-state index in [1.54, 1.807) is 7.05 Å². The Kier molecular flexibility index (Phi) is 6.98. The quantitative estimate of drug-likeness (QED) is 0.377. The van der Waals surface area contributed by atoms with E-state index < -0.39 is 12.7 Å². The Morgan fingerprint density at radius 3 is 2.89 bits per heavy atom. The number of nitrogens with one attached hydrogen (secondary N) is 2. The fraction of sp³-hybridized carbons (Fsp3) is 0.688. The SMILES string of the molecule is CN=C(NCc1nccn1CC(F)(F)F)N1CCCC2(CNC(=O)C2)C1.I. The Hall–Kier alpha value is -1.53. The highest BCUT2D eigenvalue weighted by Gasteiger charge is 2.42. The minimum Gasteiger partial charge on any atom is -0.355 e. The number of rotatable bonds is 3. The Balaban J connectivity index is 0.00000261. The van der Waals surface area contributed by atoms with Crippen LogP contribution in [-0.4, -0.2) is 59.2 Å². The van der Waals surface area contributed by atoms with Crippen molar-refractivity contribution in [2.24, 2.45) is 10.4 Å². The van der Waals surface area contributed by atoms with Crippen LogP contribution in [0.25, 0.3) is 0 Å². The molecule has 1 spiro atoms. The zero-order chi connectivity index (χ0) is 18.8. The molecule has 2 fully saturated rings. The molecule has 1 unspecified atom stereocenters. The number of halogens is 4. The molecule has 1 amide bonds. The van der Waals surface area contributed by atoms with Crippen molar-refractivity contribution in [3.8, 4) is 0 Å². The van der Waals surface area contributed by atoms with Crippen molar-refractivity contribution >= 4 is 35.8 Å². The average Bonchev–Trinajstić information content (AvgIpc) is 3.14. The summed E-state index contributed by atoms with van der Waals surface area (Å²) in [5.41, 5.74) is -0.0816. The van der Waals surface area contributed by atoms with Gasteiger partial charge in [0, 0.05) is 50.9 Å². The van der Waals surface area contributed by atoms with Crippen molar-refractivity contribution in [3.05, 3.63) is 18.2 Å². The maximum Gasteiger partial charge on any atom is 0.406 e. The lowest BCUT2D eigenvalue weighted by Crippen LogP contribution is -2.51. The van der Waals surface area contributed by atoms with Crippen molar-refractivity contribution in [1.82, 2.24) is 25.1 Å². The number of carbonyl (C=O) groups excluding carboxylic acids is 1. The van der Waals surface area contributed by atoms with Gasteiger partial charge in [-0.25, -0.2) is 4.98 Å². The third-order valence-electron chi connectivity index (χ3n) is 4.92. The van der Waals surface area contributed by atoms with Gasteiger partial charge < -0.3 is 20.1 Å². The number of piperidine rings is 1. The van der Waals surface area contributed by atoms with Crippen molar-refractivity contribution < 1.29 is 18.0 Å². The van der Waals surface area contributed by atoms with Crippen molar-refractivity contribution in [3.63, 3.8) is 0 Å². The second kappa shape index (κ2) is 8.65. The van der Waals surface area contributed by atoms with Crippen LogP contribution in [0.5, 0.6) is 0 Å². The Morgan fingerprint density at radius 1 is 1.48 bits per heavy atom. The summed E-state index contributed by atoms with van der Waals surface area (Å²) in [6.45, 7) is 1.24. The third-order valence-corrected chi connectivity index (χ3v) is 4.92. The first-order chi connectivity index (χ1) is 12.3. The normalized spacial score (nSPS) is 23.3. The minimum absolute atomic E-state index is 0. The smallest absolute Gasteiger partial charge is 0.355 e. The molecule has 1 aromatic heterocycles. The molecular weight excluding hydrogens is 476 g/mol. The maximum atomic E-state index is 12.6. The van der Waals surface area contributed by atoms with Crippen LogP contribution in [0.4, 0.5) is 13.2 Å². The van der Waals surface area contributed by atoms with E-state index in [2.05, 4.69) is 25.5 Å². The van der Waals surface area contributed by atoms with E-state index >= 15 is 0 Å². The molecule has 3 rings (SSSR count). The van der Waals surface area contributed by atoms with Gasteiger partial charge in [-0.3, -0.25) is 9.79 Å². The molecule has 0 aromatic carbocycles. The van der Waals surface area contributed by atoms with E-state index in [0.717, 1.165) is 24.0 Å². The largest absolute Gasteiger partial charge is 0.406 e. The number of guanidine groups is 1. The van der Waals surface area contributed by atoms with Gasteiger partial charge in [0.05, 0.1) is 6.54 Å². The summed E-state index contributed by atoms with van der Waals surface area (Å²) >= 11 is 0. The van der Waals surface area contributed by atoms with Gasteiger partial charge in [-0.1, -0.05) is 0 Å². The van der Waals surface area contributed by atoms with Gasteiger partial charge in [0.25, 0.3) is 0 Å². The topological polar surface area (TPSA) is 74.6 Å². The first-order valence-corrected chi connectivity index (χ1v) is 8.59. The van der Waals surface area contributed by atoms with E-state index in [-0.39, 0.29) is 41.8 Å². The van der Waals surface area contributed by atoms with Crippen LogP contribution in [0.15, 0.2) is 17.4 Å². The minimum atomic E-state index is -4.29. The number of likely N-dealkylation sites (tertiary alicyclic amines) is 1. The summed E-state index contributed by atoms with van der Waals surface area (Å²) in [6, 6.07) is 0. The molecular formula is C16H24F3IN6O. The van der Waals surface area contributed by atoms with Crippen LogP contribution in [0.1, 0.15) is 25.1 Å². The second-order valence-corrected chi connectivity index (χ2v) is 6.97. The Morgan fingerprint density at radius 2 is 2.26 bits per heavy atom. The third kappa shape index (κ3) is 5.48. The first kappa shape index (κ1) is 21.8. The summed E-state index contributed by atoms with van der Waals surface area (Å²) < 4.78 is 38.9. The highest BCUT2D eigenvalue weighted by Crippen LogP contribution is 2.36. The number of nitrogens with zero attached hydrogens (tertiary/aromatic N) is 4. The van der Waals surface area contributed by atoms with E-state index in [1.165, 1.54) is 12.4 Å². The van der Waals surface area contributed by atoms with E-state index in [1.807, 2.05) is 0 Å². The molecule has 1 aromatic rings. The molecule has 1 atom stereocenters. The molecule has 7 nitrogen and oxygen atoms in total. The zero-order valence-corrected chi connectivity index (χ0v) is 17.4. The van der Waals surface area contributed by atoms with E-state index in [4.69, 9.17) is 0 Å². The van der Waals surface area contributed by atoms with Gasteiger partial charge in [0.2, 0.25) is 5.91 Å². The number of imidazole rings is 1. The number of hydrogen-bond acceptors (Lipinski definition) is 3. The second-order valence-electron chi connectivity index (χ2n) is 6.97. The van der Waals surface area contributed by atoms with Crippen molar-refractivity contribution in [1.29, 1.82) is 0 Å². The molecule has 0 radical (unpaired) electrons. The van der Waals surface area contributed by atoms with Crippen LogP contribution in [0, 0.1) is 5.41 Å². The molecule has 2 aliphatic heterocycles. The highest BCUT2D eigenvalue weighted by molar-refractivity contribution is 14.0. The molecule has 0 bridgehead atoms. The summed E-state index contributed by atoms with van der Waals surface area (Å²) in [7, 11) is 1.64. The van der Waals surface area contributed by atoms with Crippen LogP contribution in [-0.2, 0) is 17.9 Å². The highest BCUT2D eigenvalue weighted by atomic mass is 127. The lowest BCUT2D eigenvalue weighted by Gasteiger charge is -2.40. The van der Waals surface area contributed by atoms with Crippen LogP contribution >= 0.6 is 24.0 Å². The molecule has 0 saturated carbocycles. The Labute approximate surface area is 172 Å². The summed E-state index contributed by atoms with van der Waals surface area (Å²) in [6.07, 6.45) is 0.818. The Bertz CT molecular complexity index is 692. The number of amides is 1. The van der Waals surface area contributed by atoms with Gasteiger partial charge >= 0.3 is 6.18 Å². The zero-order valence-electron chi connectivity index (χ0n) is 15.1. The number of hydrogen-bond donors (Lipinski definition) is 2. The van der Waals surface area contributed by atoms with Crippen LogP contribution < -0.4 is 10.6 Å². The monoisotopic (exact) mass is 500 g/mol. The predicted octanol–water partition coefficient (Wildman–Crippen LogP) is 1.74. The molecule has 2 aliphatic rings. The molecule has 3 heterocycles. The summed E-state index contributed by atoms with van der Waals surface area (Å²) in [5.74, 6) is 0.988. The summed E-state index contributed by atoms with van der Waals surface area (Å²) in [5, 5.41) is 6.00. The molecule has 0 aliphatic carbocycles. The fourth-order valence-corrected chi connectivity index (χ4v) is 3.76. The molecule has 2 saturated heterocycles. The molecule has 152 valence electrons. The van der Waals surface area contributed by atoms with Gasteiger partial charge in [0.1, 0.15) is 12.4 Å². The van der Waals surface area contributed by atoms with Gasteiger partial charge in [0.15, 0.2) is 5.96 Å². The first-order valence-electron chi connectivity index (χ1n) is 8.59. The molecule has 11 heteroatoms. The predicted molar refractivity (Wildman–Crippen MR) is 105 cm³/mol. The average molecular weight is 500 g/mol. The van der Waals surface area contributed by atoms with Crippen LogP contribution in [0.2, 0.25) is 0 Å². The molecule has 2 N–H and O–H groups in total. The van der Waals surface area contributed by atoms with Gasteiger partial charge in [-0.15, -0.1) is 24.0 Å². The van der Waals surface area contributed by atoms with Crippen LogP contribution in [0.3, 0.4) is 0 Å². The van der Waals surface area contributed by atoms with E-state index in [9.17, 15) is 18.0 Å². The standard InChI is InChI=1S/C16H23F3N6O.HI/c1-20-14(22-8-12-21-4-6-24(12)11-16(17,18)19)25-5-2-3-15(10-25)7-13(26)23-9-15;/h4,6H,2-3,5,7-11H2,1H3,(H,20,22)(H,23,26);1H. The summed E-state index contributed by atoms with van der Waals surface area (Å²) in [4.78, 5) is 21.9. The lowest BCUT2D eigenvalue weighted by molar-refractivity contribution is -0.141. The van der Waals surface area contributed by atoms with Crippen molar-refractivity contribution in [2.45, 2.75) is 38.5 Å². The van der Waals surface area contributed by atoms with Gasteiger partial charge in [-0.2, -0.15) is 13.2 Å². The maximum absolute atomic E-state index is 12.6. The van der Waals surface area contributed by atoms with Gasteiger partial charge in [-0.05, 0) is 12.8 Å². The fourth-order valence-electron chi connectivity index (χ4n) is 3.76. The van der Waals surface area contributed by atoms with E-state index in [0.29, 0.717) is 31.3 Å². The molecule has 27 heavy (non-hydrogen) atoms. The number of aliphatic imine (C=N–C) groups is 1. The lowest BCUT2D eigenvalue weighted by atomic mass is 9.79.